The van der Waals surface area contributed by atoms with Crippen LogP contribution in [-0.2, 0) is 9.84 Å². The summed E-state index contributed by atoms with van der Waals surface area (Å²) in [5.74, 6) is -1.33. The van der Waals surface area contributed by atoms with Crippen LogP contribution in [0.25, 0.3) is 0 Å². The quantitative estimate of drug-likeness (QED) is 0.449. The van der Waals surface area contributed by atoms with Crippen molar-refractivity contribution in [1.29, 1.82) is 0 Å². The molecule has 1 aliphatic heterocycles. The average molecular weight is 500 g/mol. The highest BCUT2D eigenvalue weighted by atomic mass is 32.2. The SMILES string of the molecule is COc1ccc(C2CC3(C(F)(F)F)N=C(c4ccccc4)C(S(=O)(=O)c4ccc(C)cc4)C23)cc1. The van der Waals surface area contributed by atoms with Crippen molar-refractivity contribution in [1.82, 2.24) is 0 Å². The van der Waals surface area contributed by atoms with Crippen molar-refractivity contribution in [2.75, 3.05) is 7.11 Å². The molecule has 3 aromatic carbocycles. The van der Waals surface area contributed by atoms with E-state index in [0.29, 0.717) is 16.9 Å². The summed E-state index contributed by atoms with van der Waals surface area (Å²) in [6.07, 6.45) is -5.00. The van der Waals surface area contributed by atoms with Crippen molar-refractivity contribution < 1.29 is 26.3 Å². The molecule has 4 atom stereocenters. The highest BCUT2D eigenvalue weighted by Gasteiger charge is 2.75. The van der Waals surface area contributed by atoms with Crippen molar-refractivity contribution in [3.63, 3.8) is 0 Å². The second-order valence-electron chi connectivity index (χ2n) is 9.17. The Morgan fingerprint density at radius 3 is 2.14 bits per heavy atom. The number of aryl methyl sites for hydroxylation is 1. The number of benzene rings is 3. The molecule has 1 heterocycles. The zero-order valence-corrected chi connectivity index (χ0v) is 20.0. The zero-order valence-electron chi connectivity index (χ0n) is 19.2. The van der Waals surface area contributed by atoms with Gasteiger partial charge >= 0.3 is 6.18 Å². The molecule has 0 N–H and O–H groups in total. The molecular weight excluding hydrogens is 475 g/mol. The molecule has 4 nitrogen and oxygen atoms in total. The summed E-state index contributed by atoms with van der Waals surface area (Å²) in [7, 11) is -2.68. The number of ether oxygens (including phenoxy) is 1. The van der Waals surface area contributed by atoms with E-state index in [0.717, 1.165) is 5.56 Å². The number of hydrogen-bond donors (Lipinski definition) is 0. The van der Waals surface area contributed by atoms with Gasteiger partial charge in [0.1, 0.15) is 11.0 Å². The minimum atomic E-state index is -4.70. The number of halogens is 3. The molecule has 0 aromatic heterocycles. The Bertz CT molecular complexity index is 1370. The summed E-state index contributed by atoms with van der Waals surface area (Å²) >= 11 is 0. The number of sulfone groups is 1. The predicted molar refractivity (Wildman–Crippen MR) is 128 cm³/mol. The summed E-state index contributed by atoms with van der Waals surface area (Å²) in [5.41, 5.74) is -0.587. The van der Waals surface area contributed by atoms with Crippen molar-refractivity contribution >= 4 is 15.5 Å². The summed E-state index contributed by atoms with van der Waals surface area (Å²) in [6.45, 7) is 1.82. The minimum Gasteiger partial charge on any atom is -0.497 e. The molecule has 0 spiro atoms. The normalized spacial score (nSPS) is 26.0. The lowest BCUT2D eigenvalue weighted by Gasteiger charge is -2.51. The summed E-state index contributed by atoms with van der Waals surface area (Å²) < 4.78 is 77.1. The van der Waals surface area contributed by atoms with Gasteiger partial charge in [-0.05, 0) is 54.7 Å². The van der Waals surface area contributed by atoms with Gasteiger partial charge in [0.25, 0.3) is 0 Å². The van der Waals surface area contributed by atoms with Gasteiger partial charge < -0.3 is 4.74 Å². The fraction of sp³-hybridized carbons (Fsp3) is 0.296. The standard InChI is InChI=1S/C27H24F3NO3S/c1-17-8-14-21(15-9-17)35(32,33)25-23-22(18-10-12-20(34-2)13-11-18)16-26(23,27(28,29)30)31-24(25)19-6-4-3-5-7-19/h3-15,22-23,25H,16H2,1-2H3. The zero-order chi connectivity index (χ0) is 25.0. The molecule has 35 heavy (non-hydrogen) atoms. The van der Waals surface area contributed by atoms with Crippen LogP contribution in [0, 0.1) is 12.8 Å². The van der Waals surface area contributed by atoms with Crippen LogP contribution in [-0.4, -0.2) is 38.2 Å². The number of fused-ring (bicyclic) bond motifs is 1. The molecular formula is C27H24F3NO3S. The summed E-state index contributed by atoms with van der Waals surface area (Å²) in [4.78, 5) is 4.21. The molecule has 0 saturated heterocycles. The van der Waals surface area contributed by atoms with Crippen LogP contribution in [0.3, 0.4) is 0 Å². The van der Waals surface area contributed by atoms with Gasteiger partial charge in [-0.3, -0.25) is 4.99 Å². The Balaban J connectivity index is 1.69. The molecule has 0 amide bonds. The van der Waals surface area contributed by atoms with E-state index in [4.69, 9.17) is 4.74 Å². The van der Waals surface area contributed by atoms with E-state index in [-0.39, 0.29) is 17.0 Å². The van der Waals surface area contributed by atoms with E-state index in [9.17, 15) is 21.6 Å². The smallest absolute Gasteiger partial charge is 0.413 e. The Kier molecular flexibility index (Phi) is 5.55. The van der Waals surface area contributed by atoms with Crippen LogP contribution in [0.15, 0.2) is 88.8 Å². The first-order valence-electron chi connectivity index (χ1n) is 11.2. The van der Waals surface area contributed by atoms with E-state index in [1.807, 2.05) is 6.92 Å². The first-order valence-corrected chi connectivity index (χ1v) is 12.8. The van der Waals surface area contributed by atoms with Crippen LogP contribution < -0.4 is 4.74 Å². The van der Waals surface area contributed by atoms with Crippen molar-refractivity contribution in [3.05, 3.63) is 95.6 Å². The monoisotopic (exact) mass is 499 g/mol. The van der Waals surface area contributed by atoms with Gasteiger partial charge in [-0.2, -0.15) is 13.2 Å². The van der Waals surface area contributed by atoms with E-state index in [1.54, 1.807) is 66.7 Å². The number of methoxy groups -OCH3 is 1. The van der Waals surface area contributed by atoms with Gasteiger partial charge in [-0.15, -0.1) is 0 Å². The van der Waals surface area contributed by atoms with Crippen molar-refractivity contribution in [3.8, 4) is 5.75 Å². The Morgan fingerprint density at radius 2 is 1.57 bits per heavy atom. The van der Waals surface area contributed by atoms with Gasteiger partial charge in [-0.1, -0.05) is 60.2 Å². The number of alkyl halides is 3. The molecule has 0 radical (unpaired) electrons. The van der Waals surface area contributed by atoms with E-state index >= 15 is 0 Å². The molecule has 0 bridgehead atoms. The minimum absolute atomic E-state index is 0.00455. The topological polar surface area (TPSA) is 55.7 Å². The molecule has 5 rings (SSSR count). The molecule has 3 aromatic rings. The lowest BCUT2D eigenvalue weighted by atomic mass is 9.56. The van der Waals surface area contributed by atoms with Crippen molar-refractivity contribution in [2.45, 2.75) is 41.1 Å². The highest BCUT2D eigenvalue weighted by molar-refractivity contribution is 7.93. The number of nitrogens with zero attached hydrogens (tertiary/aromatic N) is 1. The molecule has 1 aliphatic carbocycles. The average Bonchev–Trinajstić information content (AvgIpc) is 3.11. The Hall–Kier alpha value is -3.13. The lowest BCUT2D eigenvalue weighted by molar-refractivity contribution is -0.226. The van der Waals surface area contributed by atoms with Crippen molar-refractivity contribution in [2.24, 2.45) is 10.9 Å². The maximum atomic E-state index is 14.6. The van der Waals surface area contributed by atoms with Crippen LogP contribution >= 0.6 is 0 Å². The van der Waals surface area contributed by atoms with Crippen LogP contribution in [0.1, 0.15) is 29.0 Å². The van der Waals surface area contributed by atoms with Gasteiger partial charge in [0.2, 0.25) is 0 Å². The largest absolute Gasteiger partial charge is 0.497 e. The molecule has 1 fully saturated rings. The highest BCUT2D eigenvalue weighted by Crippen LogP contribution is 2.65. The third-order valence-electron chi connectivity index (χ3n) is 7.22. The number of rotatable bonds is 5. The molecule has 2 aliphatic rings. The Morgan fingerprint density at radius 1 is 0.943 bits per heavy atom. The van der Waals surface area contributed by atoms with E-state index in [1.165, 1.54) is 19.2 Å². The van der Waals surface area contributed by atoms with Gasteiger partial charge in [0, 0.05) is 5.92 Å². The molecule has 1 saturated carbocycles. The fourth-order valence-electron chi connectivity index (χ4n) is 5.40. The van der Waals surface area contributed by atoms with Crippen LogP contribution in [0.5, 0.6) is 5.75 Å². The van der Waals surface area contributed by atoms with Gasteiger partial charge in [-0.25, -0.2) is 8.42 Å². The first-order chi connectivity index (χ1) is 16.6. The second-order valence-corrected chi connectivity index (χ2v) is 11.2. The maximum absolute atomic E-state index is 14.6. The second kappa shape index (κ2) is 8.22. The Labute approximate surface area is 202 Å². The maximum Gasteiger partial charge on any atom is 0.413 e. The molecule has 8 heteroatoms. The van der Waals surface area contributed by atoms with Gasteiger partial charge in [0.15, 0.2) is 15.4 Å². The van der Waals surface area contributed by atoms with E-state index in [2.05, 4.69) is 4.99 Å². The summed E-state index contributed by atoms with van der Waals surface area (Å²) in [6, 6.07) is 21.3. The van der Waals surface area contributed by atoms with E-state index < -0.39 is 38.6 Å². The first kappa shape index (κ1) is 23.6. The molecule has 4 unspecified atom stereocenters. The van der Waals surface area contributed by atoms with Crippen LogP contribution in [0.4, 0.5) is 13.2 Å². The predicted octanol–water partition coefficient (Wildman–Crippen LogP) is 5.75. The lowest BCUT2D eigenvalue weighted by Crippen LogP contribution is -2.62. The van der Waals surface area contributed by atoms with Crippen LogP contribution in [0.2, 0.25) is 0 Å². The third-order valence-corrected chi connectivity index (χ3v) is 9.33. The number of aliphatic imine (C=N–C) groups is 1. The van der Waals surface area contributed by atoms with Gasteiger partial charge in [0.05, 0.1) is 17.7 Å². The third kappa shape index (κ3) is 3.66. The number of hydrogen-bond acceptors (Lipinski definition) is 4. The summed E-state index contributed by atoms with van der Waals surface area (Å²) in [5, 5.41) is -1.44. The molecule has 182 valence electrons. The fourth-order valence-corrected chi connectivity index (χ4v) is 7.49.